The van der Waals surface area contributed by atoms with E-state index < -0.39 is 0 Å². The largest absolute Gasteiger partial charge is 0.475 e. The van der Waals surface area contributed by atoms with Crippen molar-refractivity contribution in [3.05, 3.63) is 11.9 Å². The average molecular weight is 210 g/mol. The van der Waals surface area contributed by atoms with Gasteiger partial charge in [-0.3, -0.25) is 0 Å². The van der Waals surface area contributed by atoms with Gasteiger partial charge in [-0.05, 0) is 13.8 Å². The normalized spacial score (nSPS) is 10.9. The topological polar surface area (TPSA) is 73.1 Å². The predicted octanol–water partition coefficient (Wildman–Crippen LogP) is 1.67. The van der Waals surface area contributed by atoms with Crippen LogP contribution in [-0.4, -0.2) is 16.1 Å². The number of anilines is 1. The minimum atomic E-state index is 0.0885. The molecule has 1 rings (SSSR count). The maximum atomic E-state index is 5.50. The molecule has 0 unspecified atom stereocenters. The monoisotopic (exact) mass is 210 g/mol. The molecule has 0 saturated carbocycles. The maximum absolute atomic E-state index is 5.50. The number of ether oxygens (including phenoxy) is 1. The van der Waals surface area contributed by atoms with Gasteiger partial charge >= 0.3 is 0 Å². The van der Waals surface area contributed by atoms with E-state index >= 15 is 0 Å². The van der Waals surface area contributed by atoms with Crippen molar-refractivity contribution in [2.75, 3.05) is 5.43 Å². The van der Waals surface area contributed by atoms with E-state index in [0.717, 1.165) is 5.82 Å². The third-order valence-electron chi connectivity index (χ3n) is 1.74. The fourth-order valence-corrected chi connectivity index (χ4v) is 1.08. The molecule has 0 aromatic carbocycles. The molecule has 0 spiro atoms. The average Bonchev–Trinajstić information content (AvgIpc) is 2.16. The molecule has 0 fully saturated rings. The van der Waals surface area contributed by atoms with Crippen molar-refractivity contribution in [1.29, 1.82) is 0 Å². The number of nitrogen functional groups attached to an aromatic ring is 1. The van der Waals surface area contributed by atoms with Crippen molar-refractivity contribution in [2.24, 2.45) is 5.84 Å². The number of hydrogen-bond acceptors (Lipinski definition) is 5. The lowest BCUT2D eigenvalue weighted by molar-refractivity contribution is 0.231. The number of nitrogens with one attached hydrogen (secondary N) is 1. The zero-order valence-electron chi connectivity index (χ0n) is 9.61. The molecule has 0 atom stereocenters. The second-order valence-corrected chi connectivity index (χ2v) is 3.92. The van der Waals surface area contributed by atoms with Crippen molar-refractivity contribution in [3.63, 3.8) is 0 Å². The Bertz CT molecular complexity index is 325. The molecule has 0 aliphatic rings. The van der Waals surface area contributed by atoms with Gasteiger partial charge in [0.05, 0.1) is 6.10 Å². The zero-order valence-corrected chi connectivity index (χ0v) is 9.61. The second-order valence-electron chi connectivity index (χ2n) is 3.92. The van der Waals surface area contributed by atoms with E-state index in [9.17, 15) is 0 Å². The van der Waals surface area contributed by atoms with E-state index in [1.54, 1.807) is 6.07 Å². The molecule has 3 N–H and O–H groups in total. The highest BCUT2D eigenvalue weighted by molar-refractivity contribution is 5.37. The van der Waals surface area contributed by atoms with Crippen LogP contribution in [0.15, 0.2) is 6.07 Å². The van der Waals surface area contributed by atoms with Crippen molar-refractivity contribution in [2.45, 2.75) is 39.7 Å². The van der Waals surface area contributed by atoms with Crippen LogP contribution in [0.25, 0.3) is 0 Å². The molecule has 0 radical (unpaired) electrons. The van der Waals surface area contributed by atoms with Gasteiger partial charge in [0.2, 0.25) is 5.88 Å². The van der Waals surface area contributed by atoms with Gasteiger partial charge in [0.1, 0.15) is 11.6 Å². The number of aromatic nitrogens is 2. The molecule has 0 saturated heterocycles. The molecule has 0 bridgehead atoms. The van der Waals surface area contributed by atoms with E-state index in [1.807, 2.05) is 27.7 Å². The van der Waals surface area contributed by atoms with E-state index in [-0.39, 0.29) is 12.0 Å². The van der Waals surface area contributed by atoms with Gasteiger partial charge in [0, 0.05) is 12.0 Å². The Hall–Kier alpha value is -1.36. The highest BCUT2D eigenvalue weighted by atomic mass is 16.5. The van der Waals surface area contributed by atoms with Crippen LogP contribution in [0.3, 0.4) is 0 Å². The van der Waals surface area contributed by atoms with Crippen molar-refractivity contribution in [1.82, 2.24) is 9.97 Å². The van der Waals surface area contributed by atoms with Gasteiger partial charge in [-0.25, -0.2) is 10.8 Å². The molecule has 5 nitrogen and oxygen atoms in total. The highest BCUT2D eigenvalue weighted by Crippen LogP contribution is 2.18. The van der Waals surface area contributed by atoms with Crippen molar-refractivity contribution >= 4 is 5.82 Å². The molecular formula is C10H18N4O. The van der Waals surface area contributed by atoms with Crippen LogP contribution in [0.4, 0.5) is 5.82 Å². The van der Waals surface area contributed by atoms with E-state index in [0.29, 0.717) is 11.7 Å². The Morgan fingerprint density at radius 2 is 1.93 bits per heavy atom. The van der Waals surface area contributed by atoms with Gasteiger partial charge in [0.25, 0.3) is 0 Å². The van der Waals surface area contributed by atoms with Crippen LogP contribution in [0, 0.1) is 0 Å². The second kappa shape index (κ2) is 4.93. The quantitative estimate of drug-likeness (QED) is 0.584. The summed E-state index contributed by atoms with van der Waals surface area (Å²) in [7, 11) is 0. The van der Waals surface area contributed by atoms with Crippen LogP contribution in [0.1, 0.15) is 39.4 Å². The maximum Gasteiger partial charge on any atom is 0.219 e. The van der Waals surface area contributed by atoms with Gasteiger partial charge in [-0.15, -0.1) is 0 Å². The lowest BCUT2D eigenvalue weighted by Gasteiger charge is -2.12. The lowest BCUT2D eigenvalue weighted by Crippen LogP contribution is -2.13. The van der Waals surface area contributed by atoms with Crippen molar-refractivity contribution < 1.29 is 4.74 Å². The molecule has 1 aromatic heterocycles. The summed E-state index contributed by atoms with van der Waals surface area (Å²) in [6.45, 7) is 7.95. The first-order valence-electron chi connectivity index (χ1n) is 5.05. The minimum absolute atomic E-state index is 0.0885. The third kappa shape index (κ3) is 3.36. The van der Waals surface area contributed by atoms with Gasteiger partial charge in [-0.2, -0.15) is 4.98 Å². The van der Waals surface area contributed by atoms with Crippen LogP contribution >= 0.6 is 0 Å². The van der Waals surface area contributed by atoms with E-state index in [1.165, 1.54) is 0 Å². The Balaban J connectivity index is 3.00. The first-order valence-corrected chi connectivity index (χ1v) is 5.05. The Kier molecular flexibility index (Phi) is 3.85. The molecular weight excluding hydrogens is 192 g/mol. The minimum Gasteiger partial charge on any atom is -0.475 e. The summed E-state index contributed by atoms with van der Waals surface area (Å²) < 4.78 is 5.50. The number of hydrazine groups is 1. The molecule has 84 valence electrons. The van der Waals surface area contributed by atoms with Crippen LogP contribution in [0.5, 0.6) is 5.88 Å². The molecule has 0 amide bonds. The predicted molar refractivity (Wildman–Crippen MR) is 59.7 cm³/mol. The summed E-state index contributed by atoms with van der Waals surface area (Å²) in [5.41, 5.74) is 2.50. The summed E-state index contributed by atoms with van der Waals surface area (Å²) in [4.78, 5) is 8.52. The molecule has 1 aromatic rings. The standard InChI is InChI=1S/C10H18N4O/c1-6(2)10-12-8(14-11)5-9(13-10)15-7(3)4/h5-7H,11H2,1-4H3,(H,12,13,14). The molecule has 0 aliphatic heterocycles. The number of hydrogen-bond donors (Lipinski definition) is 2. The summed E-state index contributed by atoms with van der Waals surface area (Å²) in [6.07, 6.45) is 0.0885. The number of nitrogens with two attached hydrogens (primary N) is 1. The van der Waals surface area contributed by atoms with Crippen molar-refractivity contribution in [3.8, 4) is 5.88 Å². The fourth-order valence-electron chi connectivity index (χ4n) is 1.08. The molecule has 5 heteroatoms. The van der Waals surface area contributed by atoms with Crippen LogP contribution < -0.4 is 16.0 Å². The smallest absolute Gasteiger partial charge is 0.219 e. The fraction of sp³-hybridized carbons (Fsp3) is 0.600. The SMILES string of the molecule is CC(C)Oc1cc(NN)nc(C(C)C)n1. The Morgan fingerprint density at radius 1 is 1.27 bits per heavy atom. The van der Waals surface area contributed by atoms with E-state index in [2.05, 4.69) is 15.4 Å². The summed E-state index contributed by atoms with van der Waals surface area (Å²) in [5.74, 6) is 7.42. The third-order valence-corrected chi connectivity index (χ3v) is 1.74. The summed E-state index contributed by atoms with van der Waals surface area (Å²) in [5, 5.41) is 0. The van der Waals surface area contributed by atoms with E-state index in [4.69, 9.17) is 10.6 Å². The summed E-state index contributed by atoms with van der Waals surface area (Å²) >= 11 is 0. The molecule has 1 heterocycles. The van der Waals surface area contributed by atoms with Crippen LogP contribution in [0.2, 0.25) is 0 Å². The summed E-state index contributed by atoms with van der Waals surface area (Å²) in [6, 6.07) is 1.69. The number of rotatable bonds is 4. The zero-order chi connectivity index (χ0) is 11.4. The molecule has 0 aliphatic carbocycles. The van der Waals surface area contributed by atoms with Gasteiger partial charge in [-0.1, -0.05) is 13.8 Å². The van der Waals surface area contributed by atoms with Gasteiger partial charge < -0.3 is 10.2 Å². The first kappa shape index (κ1) is 11.7. The van der Waals surface area contributed by atoms with Gasteiger partial charge in [0.15, 0.2) is 0 Å². The first-order chi connectivity index (χ1) is 7.02. The lowest BCUT2D eigenvalue weighted by atomic mass is 10.2. The Labute approximate surface area is 90.0 Å². The van der Waals surface area contributed by atoms with Crippen LogP contribution in [-0.2, 0) is 0 Å². The highest BCUT2D eigenvalue weighted by Gasteiger charge is 2.09. The Morgan fingerprint density at radius 3 is 2.40 bits per heavy atom. The number of nitrogens with zero attached hydrogens (tertiary/aromatic N) is 2. The molecule has 15 heavy (non-hydrogen) atoms.